The van der Waals surface area contributed by atoms with Crippen LogP contribution in [0.4, 0.5) is 4.79 Å². The molecule has 8 nitrogen and oxygen atoms in total. The van der Waals surface area contributed by atoms with E-state index in [1.165, 1.54) is 4.90 Å². The Balaban J connectivity index is 3.37. The fraction of sp³-hybridized carbons (Fsp3) is 0.609. The summed E-state index contributed by atoms with van der Waals surface area (Å²) in [6.45, 7) is 12.2. The SMILES string of the molecule is Cc1ccc(C(C(=O)NC(C)C)N(CCO)C(=O)C(CS)NC(=O)OC(C)(C)C)c(C)c1. The Hall–Kier alpha value is -2.26. The van der Waals surface area contributed by atoms with Gasteiger partial charge in [-0.3, -0.25) is 9.59 Å². The van der Waals surface area contributed by atoms with Crippen LogP contribution in [0.2, 0.25) is 0 Å². The zero-order valence-corrected chi connectivity index (χ0v) is 21.0. The standard InChI is InChI=1S/C23H37N3O5S/c1-14(2)24-20(28)19(17-9-8-15(3)12-16(17)4)26(10-11-27)21(29)18(13-32)25-22(30)31-23(5,6)7/h8-9,12,14,18-19,27,32H,10-11,13H2,1-7H3,(H,24,28)(H,25,30). The van der Waals surface area contributed by atoms with Gasteiger partial charge in [-0.05, 0) is 59.6 Å². The van der Waals surface area contributed by atoms with Gasteiger partial charge in [0.05, 0.1) is 6.61 Å². The largest absolute Gasteiger partial charge is 0.444 e. The van der Waals surface area contributed by atoms with Crippen molar-refractivity contribution in [2.24, 2.45) is 0 Å². The normalized spacial score (nSPS) is 13.3. The first kappa shape index (κ1) is 27.8. The number of nitrogens with zero attached hydrogens (tertiary/aromatic N) is 1. The van der Waals surface area contributed by atoms with E-state index >= 15 is 0 Å². The minimum Gasteiger partial charge on any atom is -0.444 e. The summed E-state index contributed by atoms with van der Waals surface area (Å²) in [4.78, 5) is 40.2. The van der Waals surface area contributed by atoms with Crippen LogP contribution < -0.4 is 10.6 Å². The lowest BCUT2D eigenvalue weighted by molar-refractivity contribution is -0.142. The van der Waals surface area contributed by atoms with Gasteiger partial charge in [0.15, 0.2) is 0 Å². The maximum atomic E-state index is 13.5. The lowest BCUT2D eigenvalue weighted by Gasteiger charge is -2.34. The van der Waals surface area contributed by atoms with Crippen molar-refractivity contribution >= 4 is 30.5 Å². The number of amides is 3. The van der Waals surface area contributed by atoms with Gasteiger partial charge in [-0.25, -0.2) is 4.79 Å². The second kappa shape index (κ2) is 12.1. The summed E-state index contributed by atoms with van der Waals surface area (Å²) in [5.41, 5.74) is 1.77. The number of carbonyl (C=O) groups excluding carboxylic acids is 3. The molecule has 0 bridgehead atoms. The Labute approximate surface area is 196 Å². The maximum absolute atomic E-state index is 13.5. The van der Waals surface area contributed by atoms with E-state index in [1.807, 2.05) is 45.9 Å². The maximum Gasteiger partial charge on any atom is 0.408 e. The first-order valence-electron chi connectivity index (χ1n) is 10.7. The number of carbonyl (C=O) groups is 3. The second-order valence-electron chi connectivity index (χ2n) is 9.06. The number of nitrogens with one attached hydrogen (secondary N) is 2. The van der Waals surface area contributed by atoms with E-state index in [-0.39, 0.29) is 30.9 Å². The Kier molecular flexibility index (Phi) is 10.5. The van der Waals surface area contributed by atoms with Crippen LogP contribution in [-0.4, -0.2) is 64.5 Å². The highest BCUT2D eigenvalue weighted by atomic mass is 32.1. The quantitative estimate of drug-likeness (QED) is 0.418. The topological polar surface area (TPSA) is 108 Å². The number of ether oxygens (including phenoxy) is 1. The Morgan fingerprint density at radius 2 is 1.78 bits per heavy atom. The summed E-state index contributed by atoms with van der Waals surface area (Å²) >= 11 is 4.22. The lowest BCUT2D eigenvalue weighted by Crippen LogP contribution is -2.55. The Bertz CT molecular complexity index is 807. The van der Waals surface area contributed by atoms with Crippen molar-refractivity contribution in [2.75, 3.05) is 18.9 Å². The van der Waals surface area contributed by atoms with E-state index in [9.17, 15) is 19.5 Å². The molecule has 180 valence electrons. The van der Waals surface area contributed by atoms with Crippen molar-refractivity contribution in [3.05, 3.63) is 34.9 Å². The van der Waals surface area contributed by atoms with Crippen molar-refractivity contribution in [1.82, 2.24) is 15.5 Å². The summed E-state index contributed by atoms with van der Waals surface area (Å²) < 4.78 is 5.25. The molecule has 0 aliphatic heterocycles. The van der Waals surface area contributed by atoms with E-state index in [4.69, 9.17) is 4.74 Å². The number of rotatable bonds is 9. The molecule has 1 aromatic rings. The van der Waals surface area contributed by atoms with Crippen molar-refractivity contribution in [3.8, 4) is 0 Å². The molecule has 0 spiro atoms. The van der Waals surface area contributed by atoms with Crippen LogP contribution in [0.1, 0.15) is 57.4 Å². The molecule has 9 heteroatoms. The van der Waals surface area contributed by atoms with Crippen LogP contribution in [0.15, 0.2) is 18.2 Å². The molecule has 1 rings (SSSR count). The van der Waals surface area contributed by atoms with Gasteiger partial charge in [0, 0.05) is 18.3 Å². The highest BCUT2D eigenvalue weighted by molar-refractivity contribution is 7.80. The molecule has 2 atom stereocenters. The minimum atomic E-state index is -1.04. The van der Waals surface area contributed by atoms with Crippen LogP contribution in [-0.2, 0) is 14.3 Å². The molecule has 0 fully saturated rings. The van der Waals surface area contributed by atoms with Crippen molar-refractivity contribution in [1.29, 1.82) is 0 Å². The van der Waals surface area contributed by atoms with Gasteiger partial charge in [0.2, 0.25) is 11.8 Å². The summed E-state index contributed by atoms with van der Waals surface area (Å²) in [5.74, 6) is -0.918. The fourth-order valence-corrected chi connectivity index (χ4v) is 3.50. The van der Waals surface area contributed by atoms with E-state index in [1.54, 1.807) is 20.8 Å². The zero-order chi connectivity index (χ0) is 24.6. The average Bonchev–Trinajstić information content (AvgIpc) is 2.64. The van der Waals surface area contributed by atoms with Gasteiger partial charge in [-0.15, -0.1) is 0 Å². The molecular weight excluding hydrogens is 430 g/mol. The smallest absolute Gasteiger partial charge is 0.408 e. The van der Waals surface area contributed by atoms with Crippen LogP contribution in [0.25, 0.3) is 0 Å². The number of alkyl carbamates (subject to hydrolysis) is 1. The fourth-order valence-electron chi connectivity index (χ4n) is 3.26. The van der Waals surface area contributed by atoms with Crippen molar-refractivity contribution in [2.45, 2.75) is 72.2 Å². The highest BCUT2D eigenvalue weighted by Crippen LogP contribution is 2.26. The van der Waals surface area contributed by atoms with E-state index in [2.05, 4.69) is 23.3 Å². The Morgan fingerprint density at radius 1 is 1.16 bits per heavy atom. The monoisotopic (exact) mass is 467 g/mol. The van der Waals surface area contributed by atoms with Crippen molar-refractivity contribution in [3.63, 3.8) is 0 Å². The van der Waals surface area contributed by atoms with Crippen LogP contribution in [0.3, 0.4) is 0 Å². The molecule has 0 saturated carbocycles. The number of thiol groups is 1. The van der Waals surface area contributed by atoms with E-state index in [0.29, 0.717) is 5.56 Å². The number of aryl methyl sites for hydroxylation is 2. The van der Waals surface area contributed by atoms with Crippen LogP contribution in [0.5, 0.6) is 0 Å². The molecule has 2 unspecified atom stereocenters. The number of hydrogen-bond donors (Lipinski definition) is 4. The third-order valence-electron chi connectivity index (χ3n) is 4.51. The van der Waals surface area contributed by atoms with Gasteiger partial charge in [0.25, 0.3) is 0 Å². The number of hydrogen-bond acceptors (Lipinski definition) is 6. The van der Waals surface area contributed by atoms with Crippen molar-refractivity contribution < 1.29 is 24.2 Å². The average molecular weight is 468 g/mol. The van der Waals surface area contributed by atoms with Gasteiger partial charge < -0.3 is 25.4 Å². The molecule has 3 N–H and O–H groups in total. The van der Waals surface area contributed by atoms with Crippen LogP contribution >= 0.6 is 12.6 Å². The molecule has 0 heterocycles. The zero-order valence-electron chi connectivity index (χ0n) is 20.1. The molecule has 1 aromatic carbocycles. The molecule has 0 aliphatic carbocycles. The molecule has 0 aliphatic rings. The highest BCUT2D eigenvalue weighted by Gasteiger charge is 2.36. The Morgan fingerprint density at radius 3 is 2.25 bits per heavy atom. The molecular formula is C23H37N3O5S. The van der Waals surface area contributed by atoms with Crippen LogP contribution in [0, 0.1) is 13.8 Å². The number of aliphatic hydroxyl groups excluding tert-OH is 1. The third kappa shape index (κ3) is 8.35. The molecule has 0 aromatic heterocycles. The first-order chi connectivity index (χ1) is 14.8. The van der Waals surface area contributed by atoms with Gasteiger partial charge in [-0.2, -0.15) is 12.6 Å². The van der Waals surface area contributed by atoms with E-state index in [0.717, 1.165) is 11.1 Å². The number of aliphatic hydroxyl groups is 1. The first-order valence-corrected chi connectivity index (χ1v) is 11.3. The molecule has 32 heavy (non-hydrogen) atoms. The summed E-state index contributed by atoms with van der Waals surface area (Å²) in [5, 5.41) is 15.1. The summed E-state index contributed by atoms with van der Waals surface area (Å²) in [6, 6.07) is 3.43. The van der Waals surface area contributed by atoms with E-state index < -0.39 is 29.7 Å². The number of benzene rings is 1. The second-order valence-corrected chi connectivity index (χ2v) is 9.43. The van der Waals surface area contributed by atoms with Gasteiger partial charge in [-0.1, -0.05) is 23.8 Å². The lowest BCUT2D eigenvalue weighted by atomic mass is 9.96. The third-order valence-corrected chi connectivity index (χ3v) is 4.87. The molecule has 0 radical (unpaired) electrons. The summed E-state index contributed by atoms with van der Waals surface area (Å²) in [6.07, 6.45) is -0.761. The molecule has 0 saturated heterocycles. The predicted octanol–water partition coefficient (Wildman–Crippen LogP) is 2.51. The predicted molar refractivity (Wildman–Crippen MR) is 128 cm³/mol. The van der Waals surface area contributed by atoms with Gasteiger partial charge >= 0.3 is 6.09 Å². The van der Waals surface area contributed by atoms with Gasteiger partial charge in [0.1, 0.15) is 17.7 Å². The minimum absolute atomic E-state index is 0.00853. The molecule has 3 amide bonds. The summed E-state index contributed by atoms with van der Waals surface area (Å²) in [7, 11) is 0.